The molecule has 3 rings (SSSR count). The van der Waals surface area contributed by atoms with Crippen LogP contribution in [-0.4, -0.2) is 65.7 Å². The molecule has 128 valence electrons. The summed E-state index contributed by atoms with van der Waals surface area (Å²) in [6, 6.07) is 0. The molecular weight excluding hydrogens is 320 g/mol. The van der Waals surface area contributed by atoms with E-state index in [2.05, 4.69) is 15.0 Å². The molecule has 0 bridgehead atoms. The molecule has 1 aliphatic rings. The van der Waals surface area contributed by atoms with Gasteiger partial charge in [-0.3, -0.25) is 9.36 Å². The second kappa shape index (κ2) is 6.13. The number of imidazole rings is 1. The van der Waals surface area contributed by atoms with Crippen molar-refractivity contribution in [1.82, 2.24) is 19.5 Å². The van der Waals surface area contributed by atoms with Crippen LogP contribution >= 0.6 is 0 Å². The fourth-order valence-corrected chi connectivity index (χ4v) is 2.62. The van der Waals surface area contributed by atoms with Crippen LogP contribution in [0.2, 0.25) is 0 Å². The lowest BCUT2D eigenvalue weighted by Gasteiger charge is -2.16. The van der Waals surface area contributed by atoms with E-state index in [0.717, 1.165) is 6.20 Å². The predicted molar refractivity (Wildman–Crippen MR) is 79.7 cm³/mol. The normalized spacial score (nSPS) is 27.7. The van der Waals surface area contributed by atoms with Crippen LogP contribution in [0.4, 0.5) is 0 Å². The topological polar surface area (TPSA) is 183 Å². The number of primary amides is 1. The van der Waals surface area contributed by atoms with Crippen LogP contribution in [0, 0.1) is 0 Å². The molecule has 2 aromatic rings. The second-order valence-electron chi connectivity index (χ2n) is 5.22. The van der Waals surface area contributed by atoms with Crippen molar-refractivity contribution in [3.63, 3.8) is 0 Å². The number of carbonyl (C=O) groups excluding carboxylic acids is 1. The Morgan fingerprint density at radius 3 is 2.67 bits per heavy atom. The molecular formula is C13H16N6O5. The smallest absolute Gasteiger partial charge is 0.252 e. The molecule has 3 heterocycles. The van der Waals surface area contributed by atoms with E-state index in [4.69, 9.17) is 16.2 Å². The number of rotatable bonds is 4. The van der Waals surface area contributed by atoms with Gasteiger partial charge in [-0.05, 0) is 0 Å². The molecule has 0 aliphatic carbocycles. The molecule has 0 saturated carbocycles. The number of nitrogens with two attached hydrogens (primary N) is 2. The molecule has 1 amide bonds. The van der Waals surface area contributed by atoms with Crippen molar-refractivity contribution in [3.8, 4) is 0 Å². The molecule has 1 aliphatic heterocycles. The van der Waals surface area contributed by atoms with Gasteiger partial charge in [0.25, 0.3) is 5.91 Å². The summed E-state index contributed by atoms with van der Waals surface area (Å²) in [7, 11) is 0. The Hall–Kier alpha value is -2.60. The van der Waals surface area contributed by atoms with E-state index in [9.17, 15) is 20.1 Å². The minimum Gasteiger partial charge on any atom is -0.404 e. The number of nitrogens with zero attached hydrogens (tertiary/aromatic N) is 4. The first-order valence-electron chi connectivity index (χ1n) is 7.01. The number of hydrogen-bond acceptors (Lipinski definition) is 9. The van der Waals surface area contributed by atoms with Gasteiger partial charge in [0.1, 0.15) is 35.8 Å². The Bertz CT molecular complexity index is 805. The number of aliphatic hydroxyl groups is 3. The monoisotopic (exact) mass is 336 g/mol. The minimum atomic E-state index is -1.29. The Labute approximate surface area is 135 Å². The van der Waals surface area contributed by atoms with Gasteiger partial charge in [0.15, 0.2) is 11.9 Å². The predicted octanol–water partition coefficient (Wildman–Crippen LogP) is -2.78. The van der Waals surface area contributed by atoms with Crippen LogP contribution in [0.15, 0.2) is 18.9 Å². The van der Waals surface area contributed by atoms with Crippen LogP contribution in [0.3, 0.4) is 0 Å². The molecule has 11 nitrogen and oxygen atoms in total. The maximum atomic E-state index is 11.5. The summed E-state index contributed by atoms with van der Waals surface area (Å²) in [6.07, 6.45) is -0.975. The third-order valence-electron chi connectivity index (χ3n) is 3.84. The van der Waals surface area contributed by atoms with E-state index in [-0.39, 0.29) is 22.4 Å². The summed E-state index contributed by atoms with van der Waals surface area (Å²) in [4.78, 5) is 23.6. The van der Waals surface area contributed by atoms with Gasteiger partial charge in [0.05, 0.1) is 18.5 Å². The molecule has 4 atom stereocenters. The average Bonchev–Trinajstić information content (AvgIpc) is 3.11. The van der Waals surface area contributed by atoms with Crippen molar-refractivity contribution in [2.45, 2.75) is 24.5 Å². The molecule has 1 fully saturated rings. The third kappa shape index (κ3) is 2.39. The summed E-state index contributed by atoms with van der Waals surface area (Å²) in [6.45, 7) is -0.455. The van der Waals surface area contributed by atoms with Gasteiger partial charge < -0.3 is 31.5 Å². The maximum Gasteiger partial charge on any atom is 0.252 e. The number of aromatic nitrogens is 4. The lowest BCUT2D eigenvalue weighted by Crippen LogP contribution is -2.33. The Morgan fingerprint density at radius 2 is 2.08 bits per heavy atom. The number of fused-ring (bicyclic) bond motifs is 1. The molecule has 0 radical (unpaired) electrons. The summed E-state index contributed by atoms with van der Waals surface area (Å²) < 4.78 is 6.82. The molecule has 0 aromatic carbocycles. The van der Waals surface area contributed by atoms with Gasteiger partial charge >= 0.3 is 0 Å². The van der Waals surface area contributed by atoms with E-state index in [1.807, 2.05) is 0 Å². The van der Waals surface area contributed by atoms with Crippen molar-refractivity contribution in [2.75, 3.05) is 6.61 Å². The van der Waals surface area contributed by atoms with Gasteiger partial charge in [-0.1, -0.05) is 0 Å². The highest BCUT2D eigenvalue weighted by molar-refractivity contribution is 6.20. The molecule has 24 heavy (non-hydrogen) atoms. The number of ether oxygens (including phenoxy) is 1. The van der Waals surface area contributed by atoms with Crippen molar-refractivity contribution < 1.29 is 24.9 Å². The van der Waals surface area contributed by atoms with Crippen molar-refractivity contribution in [2.24, 2.45) is 11.5 Å². The van der Waals surface area contributed by atoms with Crippen molar-refractivity contribution in [3.05, 3.63) is 24.5 Å². The van der Waals surface area contributed by atoms with Crippen LogP contribution in [0.5, 0.6) is 0 Å². The number of aliphatic hydroxyl groups excluding tert-OH is 3. The van der Waals surface area contributed by atoms with Crippen LogP contribution in [-0.2, 0) is 9.53 Å². The average molecular weight is 336 g/mol. The van der Waals surface area contributed by atoms with E-state index < -0.39 is 37.1 Å². The minimum absolute atomic E-state index is 0.0335. The zero-order chi connectivity index (χ0) is 17.4. The molecule has 0 unspecified atom stereocenters. The lowest BCUT2D eigenvalue weighted by atomic mass is 10.1. The summed E-state index contributed by atoms with van der Waals surface area (Å²) >= 11 is 0. The number of carbonyl (C=O) groups is 1. The first-order chi connectivity index (χ1) is 11.5. The summed E-state index contributed by atoms with van der Waals surface area (Å²) in [5.74, 6) is -0.778. The number of hydrogen-bond donors (Lipinski definition) is 5. The molecule has 2 aromatic heterocycles. The summed E-state index contributed by atoms with van der Waals surface area (Å²) in [5.41, 5.74) is 11.3. The molecule has 11 heteroatoms. The van der Waals surface area contributed by atoms with Gasteiger partial charge in [-0.15, -0.1) is 0 Å². The molecule has 0 spiro atoms. The van der Waals surface area contributed by atoms with Gasteiger partial charge in [0.2, 0.25) is 0 Å². The van der Waals surface area contributed by atoms with Crippen molar-refractivity contribution in [1.29, 1.82) is 0 Å². The van der Waals surface area contributed by atoms with E-state index in [1.54, 1.807) is 0 Å². The maximum absolute atomic E-state index is 11.5. The highest BCUT2D eigenvalue weighted by atomic mass is 16.6. The highest BCUT2D eigenvalue weighted by Crippen LogP contribution is 2.32. The Kier molecular flexibility index (Phi) is 4.15. The highest BCUT2D eigenvalue weighted by Gasteiger charge is 2.44. The lowest BCUT2D eigenvalue weighted by molar-refractivity contribution is -0.112. The first kappa shape index (κ1) is 16.3. The largest absolute Gasteiger partial charge is 0.404 e. The van der Waals surface area contributed by atoms with Gasteiger partial charge in [-0.25, -0.2) is 15.0 Å². The van der Waals surface area contributed by atoms with Crippen molar-refractivity contribution >= 4 is 22.6 Å². The quantitative estimate of drug-likeness (QED) is 0.369. The van der Waals surface area contributed by atoms with E-state index in [0.29, 0.717) is 0 Å². The van der Waals surface area contributed by atoms with Gasteiger partial charge in [0, 0.05) is 6.20 Å². The second-order valence-corrected chi connectivity index (χ2v) is 5.22. The zero-order valence-electron chi connectivity index (χ0n) is 12.4. The fraction of sp³-hybridized carbons (Fsp3) is 0.385. The number of amides is 1. The standard InChI is InChI=1S/C13H16N6O5/c14-1-5(11(15)23)7-8-12(17-3-16-7)19(4-18-8)13-10(22)9(21)6(2-20)24-13/h1,3-4,6,9-10,13,20-22H,2,14H2,(H2,15,23)/b5-1-/t6-,9-,10-,13-/m1/s1. The summed E-state index contributed by atoms with van der Waals surface area (Å²) in [5, 5.41) is 29.2. The third-order valence-corrected chi connectivity index (χ3v) is 3.84. The van der Waals surface area contributed by atoms with Gasteiger partial charge in [-0.2, -0.15) is 0 Å². The fourth-order valence-electron chi connectivity index (χ4n) is 2.62. The first-order valence-corrected chi connectivity index (χ1v) is 7.01. The molecule has 1 saturated heterocycles. The van der Waals surface area contributed by atoms with Crippen LogP contribution in [0.1, 0.15) is 11.9 Å². The van der Waals surface area contributed by atoms with E-state index >= 15 is 0 Å². The molecule has 7 N–H and O–H groups in total. The Morgan fingerprint density at radius 1 is 1.33 bits per heavy atom. The Balaban J connectivity index is 2.08. The van der Waals surface area contributed by atoms with Crippen LogP contribution < -0.4 is 11.5 Å². The zero-order valence-corrected chi connectivity index (χ0v) is 12.4. The SMILES string of the molecule is N/C=C(\C(N)=O)c1ncnc2c1ncn2[C@@H]1O[C@H](CO)[C@@H](O)[C@H]1O. The van der Waals surface area contributed by atoms with E-state index in [1.165, 1.54) is 17.2 Å². The van der Waals surface area contributed by atoms with Crippen LogP contribution in [0.25, 0.3) is 16.7 Å².